The van der Waals surface area contributed by atoms with Gasteiger partial charge in [-0.25, -0.2) is 9.37 Å². The zero-order valence-electron chi connectivity index (χ0n) is 11.7. The van der Waals surface area contributed by atoms with E-state index in [9.17, 15) is 4.39 Å². The van der Waals surface area contributed by atoms with E-state index < -0.39 is 0 Å². The van der Waals surface area contributed by atoms with Gasteiger partial charge in [0.1, 0.15) is 11.6 Å². The molecule has 0 amide bonds. The molecular formula is C15H17FN4S. The van der Waals surface area contributed by atoms with E-state index in [4.69, 9.17) is 5.84 Å². The van der Waals surface area contributed by atoms with Crippen molar-refractivity contribution >= 4 is 21.4 Å². The first-order chi connectivity index (χ1) is 10.2. The van der Waals surface area contributed by atoms with Crippen LogP contribution in [0.15, 0.2) is 36.7 Å². The van der Waals surface area contributed by atoms with Crippen molar-refractivity contribution in [2.24, 2.45) is 12.9 Å². The Bertz CT molecular complexity index is 749. The maximum Gasteiger partial charge on any atom is 0.124 e. The first-order valence-electron chi connectivity index (χ1n) is 6.78. The van der Waals surface area contributed by atoms with Gasteiger partial charge in [-0.05, 0) is 30.0 Å². The highest BCUT2D eigenvalue weighted by molar-refractivity contribution is 7.19. The third-order valence-electron chi connectivity index (χ3n) is 3.62. The number of hydrogen-bond donors (Lipinski definition) is 2. The van der Waals surface area contributed by atoms with Crippen LogP contribution in [0, 0.1) is 5.82 Å². The van der Waals surface area contributed by atoms with Crippen LogP contribution in [0.4, 0.5) is 4.39 Å². The number of fused-ring (bicyclic) bond motifs is 1. The fourth-order valence-electron chi connectivity index (χ4n) is 2.42. The van der Waals surface area contributed by atoms with Gasteiger partial charge in [-0.2, -0.15) is 0 Å². The zero-order valence-corrected chi connectivity index (χ0v) is 12.5. The Kier molecular flexibility index (Phi) is 4.01. The number of aromatic nitrogens is 2. The summed E-state index contributed by atoms with van der Waals surface area (Å²) >= 11 is 1.58. The maximum atomic E-state index is 13.3. The van der Waals surface area contributed by atoms with Crippen molar-refractivity contribution in [3.05, 3.63) is 53.2 Å². The highest BCUT2D eigenvalue weighted by atomic mass is 32.1. The monoisotopic (exact) mass is 304 g/mol. The number of halogens is 1. The minimum atomic E-state index is -0.207. The van der Waals surface area contributed by atoms with Crippen LogP contribution < -0.4 is 11.3 Å². The van der Waals surface area contributed by atoms with Gasteiger partial charge in [-0.3, -0.25) is 11.3 Å². The van der Waals surface area contributed by atoms with Crippen molar-refractivity contribution in [2.75, 3.05) is 0 Å². The second-order valence-electron chi connectivity index (χ2n) is 5.04. The summed E-state index contributed by atoms with van der Waals surface area (Å²) in [6.07, 6.45) is 5.41. The molecule has 0 aliphatic rings. The van der Waals surface area contributed by atoms with Crippen molar-refractivity contribution in [1.82, 2.24) is 15.0 Å². The normalized spacial score (nSPS) is 12.9. The maximum absolute atomic E-state index is 13.3. The van der Waals surface area contributed by atoms with Crippen LogP contribution in [-0.2, 0) is 13.5 Å². The predicted molar refractivity (Wildman–Crippen MR) is 83.4 cm³/mol. The predicted octanol–water partition coefficient (Wildman–Crippen LogP) is 2.91. The summed E-state index contributed by atoms with van der Waals surface area (Å²) in [6, 6.07) is 6.97. The number of nitrogens with two attached hydrogens (primary N) is 1. The van der Waals surface area contributed by atoms with Gasteiger partial charge < -0.3 is 4.57 Å². The topological polar surface area (TPSA) is 55.9 Å². The summed E-state index contributed by atoms with van der Waals surface area (Å²) < 4.78 is 16.2. The zero-order chi connectivity index (χ0) is 14.8. The molecule has 21 heavy (non-hydrogen) atoms. The number of imidazole rings is 1. The van der Waals surface area contributed by atoms with Crippen LogP contribution >= 0.6 is 11.3 Å². The van der Waals surface area contributed by atoms with Crippen LogP contribution in [0.5, 0.6) is 0 Å². The lowest BCUT2D eigenvalue weighted by atomic mass is 10.1. The van der Waals surface area contributed by atoms with Gasteiger partial charge >= 0.3 is 0 Å². The molecule has 0 bridgehead atoms. The number of nitrogens with one attached hydrogen (secondary N) is 1. The molecule has 0 saturated carbocycles. The lowest BCUT2D eigenvalue weighted by Gasteiger charge is -2.13. The molecule has 1 aromatic carbocycles. The van der Waals surface area contributed by atoms with Crippen LogP contribution in [0.2, 0.25) is 0 Å². The first kappa shape index (κ1) is 14.2. The van der Waals surface area contributed by atoms with E-state index in [1.165, 1.54) is 6.07 Å². The van der Waals surface area contributed by atoms with Gasteiger partial charge in [0.2, 0.25) is 0 Å². The molecule has 3 rings (SSSR count). The van der Waals surface area contributed by atoms with E-state index in [0.717, 1.165) is 33.6 Å². The second-order valence-corrected chi connectivity index (χ2v) is 6.16. The van der Waals surface area contributed by atoms with E-state index in [1.807, 2.05) is 17.8 Å². The fraction of sp³-hybridized carbons (Fsp3) is 0.267. The third-order valence-corrected chi connectivity index (χ3v) is 4.83. The summed E-state index contributed by atoms with van der Waals surface area (Å²) in [5.41, 5.74) is 2.86. The van der Waals surface area contributed by atoms with E-state index >= 15 is 0 Å². The third kappa shape index (κ3) is 2.97. The van der Waals surface area contributed by atoms with Crippen molar-refractivity contribution in [3.8, 4) is 0 Å². The van der Waals surface area contributed by atoms with Gasteiger partial charge in [-0.1, -0.05) is 6.07 Å². The molecule has 0 aliphatic heterocycles. The van der Waals surface area contributed by atoms with Crippen molar-refractivity contribution in [1.29, 1.82) is 0 Å². The van der Waals surface area contributed by atoms with Gasteiger partial charge in [0.25, 0.3) is 0 Å². The summed E-state index contributed by atoms with van der Waals surface area (Å²) in [5.74, 6) is 6.51. The van der Waals surface area contributed by atoms with Gasteiger partial charge in [0, 0.05) is 35.4 Å². The molecule has 0 fully saturated rings. The van der Waals surface area contributed by atoms with Gasteiger partial charge in [0.15, 0.2) is 0 Å². The Morgan fingerprint density at radius 3 is 3.00 bits per heavy atom. The smallest absolute Gasteiger partial charge is 0.124 e. The number of aryl methyl sites for hydroxylation is 2. The number of thiophene rings is 1. The summed E-state index contributed by atoms with van der Waals surface area (Å²) in [4.78, 5) is 5.44. The van der Waals surface area contributed by atoms with E-state index in [-0.39, 0.29) is 11.9 Å². The van der Waals surface area contributed by atoms with Gasteiger partial charge in [0.05, 0.1) is 6.04 Å². The number of hydrogen-bond acceptors (Lipinski definition) is 4. The fourth-order valence-corrected chi connectivity index (χ4v) is 3.60. The molecule has 3 N–H and O–H groups in total. The number of rotatable bonds is 5. The van der Waals surface area contributed by atoms with Crippen LogP contribution in [0.3, 0.4) is 0 Å². The Morgan fingerprint density at radius 1 is 1.43 bits per heavy atom. The summed E-state index contributed by atoms with van der Waals surface area (Å²) in [7, 11) is 1.98. The highest BCUT2D eigenvalue weighted by Gasteiger charge is 2.14. The Balaban J connectivity index is 1.79. The molecule has 2 heterocycles. The Morgan fingerprint density at radius 2 is 2.29 bits per heavy atom. The van der Waals surface area contributed by atoms with Gasteiger partial charge in [-0.15, -0.1) is 11.3 Å². The van der Waals surface area contributed by atoms with Crippen molar-refractivity contribution in [2.45, 2.75) is 18.9 Å². The average molecular weight is 304 g/mol. The summed E-state index contributed by atoms with van der Waals surface area (Å²) in [5, 5.41) is 1.05. The summed E-state index contributed by atoms with van der Waals surface area (Å²) in [6.45, 7) is 0. The first-order valence-corrected chi connectivity index (χ1v) is 7.60. The molecular weight excluding hydrogens is 287 g/mol. The molecule has 2 aromatic heterocycles. The lowest BCUT2D eigenvalue weighted by Crippen LogP contribution is -2.28. The van der Waals surface area contributed by atoms with E-state index in [0.29, 0.717) is 0 Å². The minimum Gasteiger partial charge on any atom is -0.338 e. The quantitative estimate of drug-likeness (QED) is 0.563. The molecule has 1 atom stereocenters. The van der Waals surface area contributed by atoms with E-state index in [1.54, 1.807) is 29.7 Å². The largest absolute Gasteiger partial charge is 0.338 e. The standard InChI is InChI=1S/C15H17FN4S/c1-20-7-6-18-15(20)5-4-12(19-17)14-8-10-2-3-11(16)9-13(10)21-14/h2-3,6-9,12,19H,4-5,17H2,1H3. The Labute approximate surface area is 126 Å². The van der Waals surface area contributed by atoms with Crippen molar-refractivity contribution < 1.29 is 4.39 Å². The van der Waals surface area contributed by atoms with Crippen LogP contribution in [-0.4, -0.2) is 9.55 Å². The molecule has 1 unspecified atom stereocenters. The molecule has 6 heteroatoms. The molecule has 3 aromatic rings. The molecule has 0 aliphatic carbocycles. The molecule has 0 radical (unpaired) electrons. The van der Waals surface area contributed by atoms with Crippen LogP contribution in [0.25, 0.3) is 10.1 Å². The number of hydrazine groups is 1. The molecule has 0 saturated heterocycles. The minimum absolute atomic E-state index is 0.0437. The van der Waals surface area contributed by atoms with Crippen LogP contribution in [0.1, 0.15) is 23.2 Å². The molecule has 4 nitrogen and oxygen atoms in total. The molecule has 0 spiro atoms. The molecule has 110 valence electrons. The highest BCUT2D eigenvalue weighted by Crippen LogP contribution is 2.32. The van der Waals surface area contributed by atoms with E-state index in [2.05, 4.69) is 16.5 Å². The second kappa shape index (κ2) is 5.93. The number of nitrogens with zero attached hydrogens (tertiary/aromatic N) is 2. The lowest BCUT2D eigenvalue weighted by molar-refractivity contribution is 0.514. The Hall–Kier alpha value is -1.76. The average Bonchev–Trinajstić information content (AvgIpc) is 3.05. The SMILES string of the molecule is Cn1ccnc1CCC(NN)c1cc2ccc(F)cc2s1. The van der Waals surface area contributed by atoms with Crippen molar-refractivity contribution in [3.63, 3.8) is 0 Å². The number of benzene rings is 1.